The third-order valence-electron chi connectivity index (χ3n) is 2.83. The van der Waals surface area contributed by atoms with Gasteiger partial charge in [0.05, 0.1) is 6.54 Å². The van der Waals surface area contributed by atoms with Gasteiger partial charge in [0.25, 0.3) is 0 Å². The van der Waals surface area contributed by atoms with Crippen molar-refractivity contribution in [3.63, 3.8) is 0 Å². The molecular weight excluding hydrogens is 156 g/mol. The van der Waals surface area contributed by atoms with E-state index >= 15 is 0 Å². The smallest absolute Gasteiger partial charge is 0.246 e. The number of hydrogen-bond acceptors (Lipinski definition) is 2. The number of rotatable bonds is 0. The molecule has 66 valence electrons. The first kappa shape index (κ1) is 7.58. The van der Waals surface area contributed by atoms with Gasteiger partial charge in [-0.1, -0.05) is 0 Å². The maximum absolute atomic E-state index is 11.4. The van der Waals surface area contributed by atoms with Gasteiger partial charge in [0, 0.05) is 6.54 Å². The Morgan fingerprint density at radius 3 is 2.92 bits per heavy atom. The van der Waals surface area contributed by atoms with Crippen LogP contribution >= 0.6 is 0 Å². The molecule has 2 heterocycles. The van der Waals surface area contributed by atoms with Crippen LogP contribution in [0.5, 0.6) is 0 Å². The average molecular weight is 168 g/mol. The second-order valence-corrected chi connectivity index (χ2v) is 3.61. The molecule has 1 unspecified atom stereocenters. The molecule has 0 bridgehead atoms. The standard InChI is InChI=1S/C8H12N2O2/c1-8-3-2-4-10(8)6(11)5-9-7(8)12/h2-5H2,1H3,(H,9,12). The second-order valence-electron chi connectivity index (χ2n) is 3.61. The fourth-order valence-corrected chi connectivity index (χ4v) is 2.04. The van der Waals surface area contributed by atoms with Crippen LogP contribution in [0.15, 0.2) is 0 Å². The van der Waals surface area contributed by atoms with Crippen LogP contribution in [-0.4, -0.2) is 35.3 Å². The predicted octanol–water partition coefficient (Wildman–Crippen LogP) is -0.503. The second kappa shape index (κ2) is 2.21. The predicted molar refractivity (Wildman–Crippen MR) is 42.4 cm³/mol. The highest BCUT2D eigenvalue weighted by atomic mass is 16.2. The normalized spacial score (nSPS) is 34.9. The fraction of sp³-hybridized carbons (Fsp3) is 0.750. The molecule has 4 heteroatoms. The van der Waals surface area contributed by atoms with Crippen LogP contribution in [0.1, 0.15) is 19.8 Å². The molecule has 0 spiro atoms. The highest BCUT2D eigenvalue weighted by molar-refractivity contribution is 5.98. The number of piperazine rings is 1. The van der Waals surface area contributed by atoms with E-state index in [0.29, 0.717) is 0 Å². The maximum Gasteiger partial charge on any atom is 0.246 e. The van der Waals surface area contributed by atoms with Crippen LogP contribution in [0.4, 0.5) is 0 Å². The highest BCUT2D eigenvalue weighted by Gasteiger charge is 2.48. The molecule has 2 fully saturated rings. The lowest BCUT2D eigenvalue weighted by Gasteiger charge is -2.37. The third-order valence-corrected chi connectivity index (χ3v) is 2.83. The molecule has 2 aliphatic heterocycles. The molecule has 0 aromatic rings. The van der Waals surface area contributed by atoms with Crippen LogP contribution in [0.25, 0.3) is 0 Å². The lowest BCUT2D eigenvalue weighted by atomic mass is 9.96. The zero-order valence-corrected chi connectivity index (χ0v) is 7.09. The van der Waals surface area contributed by atoms with E-state index in [1.807, 2.05) is 6.92 Å². The average Bonchev–Trinajstić information content (AvgIpc) is 2.42. The molecule has 4 nitrogen and oxygen atoms in total. The minimum absolute atomic E-state index is 0.000370. The van der Waals surface area contributed by atoms with Crippen molar-refractivity contribution in [2.45, 2.75) is 25.3 Å². The summed E-state index contributed by atoms with van der Waals surface area (Å²) < 4.78 is 0. The Balaban J connectivity index is 2.33. The minimum Gasteiger partial charge on any atom is -0.345 e. The molecule has 0 aliphatic carbocycles. The van der Waals surface area contributed by atoms with E-state index in [-0.39, 0.29) is 18.4 Å². The first-order valence-electron chi connectivity index (χ1n) is 4.23. The van der Waals surface area contributed by atoms with Gasteiger partial charge >= 0.3 is 0 Å². The topological polar surface area (TPSA) is 49.4 Å². The first-order valence-corrected chi connectivity index (χ1v) is 4.23. The number of nitrogens with one attached hydrogen (secondary N) is 1. The van der Waals surface area contributed by atoms with Gasteiger partial charge in [-0.3, -0.25) is 9.59 Å². The van der Waals surface area contributed by atoms with Crippen molar-refractivity contribution in [1.82, 2.24) is 10.2 Å². The van der Waals surface area contributed by atoms with Gasteiger partial charge in [0.2, 0.25) is 11.8 Å². The third kappa shape index (κ3) is 0.777. The van der Waals surface area contributed by atoms with Crippen LogP contribution in [-0.2, 0) is 9.59 Å². The van der Waals surface area contributed by atoms with Gasteiger partial charge in [-0.2, -0.15) is 0 Å². The van der Waals surface area contributed by atoms with Crippen molar-refractivity contribution in [1.29, 1.82) is 0 Å². The van der Waals surface area contributed by atoms with Crippen molar-refractivity contribution in [3.05, 3.63) is 0 Å². The number of hydrogen-bond donors (Lipinski definition) is 1. The largest absolute Gasteiger partial charge is 0.345 e. The first-order chi connectivity index (χ1) is 5.64. The highest BCUT2D eigenvalue weighted by Crippen LogP contribution is 2.30. The van der Waals surface area contributed by atoms with E-state index in [0.717, 1.165) is 19.4 Å². The summed E-state index contributed by atoms with van der Waals surface area (Å²) in [4.78, 5) is 24.5. The number of carbonyl (C=O) groups is 2. The van der Waals surface area contributed by atoms with Gasteiger partial charge in [-0.15, -0.1) is 0 Å². The number of amides is 2. The van der Waals surface area contributed by atoms with E-state index in [9.17, 15) is 9.59 Å². The summed E-state index contributed by atoms with van der Waals surface area (Å²) in [5.74, 6) is 0.0502. The monoisotopic (exact) mass is 168 g/mol. The van der Waals surface area contributed by atoms with Gasteiger partial charge in [-0.05, 0) is 19.8 Å². The van der Waals surface area contributed by atoms with E-state index in [1.54, 1.807) is 4.90 Å². The van der Waals surface area contributed by atoms with E-state index in [4.69, 9.17) is 0 Å². The van der Waals surface area contributed by atoms with Crippen LogP contribution in [0, 0.1) is 0 Å². The zero-order chi connectivity index (χ0) is 8.77. The quantitative estimate of drug-likeness (QED) is 0.530. The van der Waals surface area contributed by atoms with E-state index in [2.05, 4.69) is 5.32 Å². The summed E-state index contributed by atoms with van der Waals surface area (Å²) >= 11 is 0. The van der Waals surface area contributed by atoms with Crippen molar-refractivity contribution in [2.24, 2.45) is 0 Å². The van der Waals surface area contributed by atoms with Gasteiger partial charge < -0.3 is 10.2 Å². The van der Waals surface area contributed by atoms with Crippen LogP contribution < -0.4 is 5.32 Å². The fourth-order valence-electron chi connectivity index (χ4n) is 2.04. The Morgan fingerprint density at radius 1 is 1.50 bits per heavy atom. The Hall–Kier alpha value is -1.06. The molecule has 12 heavy (non-hydrogen) atoms. The van der Waals surface area contributed by atoms with Crippen molar-refractivity contribution < 1.29 is 9.59 Å². The van der Waals surface area contributed by atoms with E-state index in [1.165, 1.54) is 0 Å². The lowest BCUT2D eigenvalue weighted by molar-refractivity contribution is -0.149. The number of nitrogens with zero attached hydrogens (tertiary/aromatic N) is 1. The van der Waals surface area contributed by atoms with Gasteiger partial charge in [0.1, 0.15) is 5.54 Å². The molecular formula is C8H12N2O2. The SMILES string of the molecule is CC12CCCN1C(=O)CNC2=O. The van der Waals surface area contributed by atoms with E-state index < -0.39 is 5.54 Å². The van der Waals surface area contributed by atoms with Crippen LogP contribution in [0.3, 0.4) is 0 Å². The van der Waals surface area contributed by atoms with Crippen molar-refractivity contribution in [3.8, 4) is 0 Å². The molecule has 0 radical (unpaired) electrons. The molecule has 0 aromatic heterocycles. The molecule has 0 aromatic carbocycles. The molecule has 0 saturated carbocycles. The van der Waals surface area contributed by atoms with Gasteiger partial charge in [0.15, 0.2) is 0 Å². The summed E-state index contributed by atoms with van der Waals surface area (Å²) in [5, 5.41) is 2.61. The molecule has 2 rings (SSSR count). The van der Waals surface area contributed by atoms with Gasteiger partial charge in [-0.25, -0.2) is 0 Å². The Kier molecular flexibility index (Phi) is 1.40. The molecule has 1 atom stereocenters. The molecule has 1 N–H and O–H groups in total. The Bertz CT molecular complexity index is 251. The number of fused-ring (bicyclic) bond motifs is 1. The molecule has 2 amide bonds. The molecule has 2 saturated heterocycles. The summed E-state index contributed by atoms with van der Waals surface area (Å²) in [6.07, 6.45) is 1.74. The zero-order valence-electron chi connectivity index (χ0n) is 7.09. The summed E-state index contributed by atoms with van der Waals surface area (Å²) in [7, 11) is 0. The summed E-state index contributed by atoms with van der Waals surface area (Å²) in [5.41, 5.74) is -0.546. The lowest BCUT2D eigenvalue weighted by Crippen LogP contribution is -2.62. The summed E-state index contributed by atoms with van der Waals surface area (Å²) in [6, 6.07) is 0. The maximum atomic E-state index is 11.4. The summed E-state index contributed by atoms with van der Waals surface area (Å²) in [6.45, 7) is 2.75. The van der Waals surface area contributed by atoms with Crippen molar-refractivity contribution in [2.75, 3.05) is 13.1 Å². The van der Waals surface area contributed by atoms with Crippen LogP contribution in [0.2, 0.25) is 0 Å². The Morgan fingerprint density at radius 2 is 2.25 bits per heavy atom. The Labute approximate surface area is 70.9 Å². The van der Waals surface area contributed by atoms with Crippen molar-refractivity contribution >= 4 is 11.8 Å². The molecule has 2 aliphatic rings. The minimum atomic E-state index is -0.546. The number of carbonyl (C=O) groups excluding carboxylic acids is 2.